The molecule has 0 saturated carbocycles. The third kappa shape index (κ3) is 7.76. The van der Waals surface area contributed by atoms with E-state index in [1.165, 1.54) is 18.3 Å². The number of benzene rings is 2. The first-order valence-electron chi connectivity index (χ1n) is 11.8. The number of ether oxygens (including phenoxy) is 1. The summed E-state index contributed by atoms with van der Waals surface area (Å²) in [5, 5.41) is 17.7. The molecule has 2 N–H and O–H groups in total. The number of amides is 2. The lowest BCUT2D eigenvalue weighted by molar-refractivity contribution is -0.384. The zero-order valence-electron chi connectivity index (χ0n) is 21.2. The lowest BCUT2D eigenvalue weighted by Crippen LogP contribution is -2.47. The second-order valence-electron chi connectivity index (χ2n) is 9.00. The predicted octanol–water partition coefficient (Wildman–Crippen LogP) is 4.53. The molecule has 2 amide bonds. The summed E-state index contributed by atoms with van der Waals surface area (Å²) in [6, 6.07) is 14.4. The minimum atomic E-state index is -0.801. The molecular weight excluding hydrogens is 476 g/mol. The molecule has 10 nitrogen and oxygen atoms in total. The van der Waals surface area contributed by atoms with Crippen LogP contribution in [0.2, 0.25) is 0 Å². The number of carbonyl (C=O) groups excluding carboxylic acids is 2. The van der Waals surface area contributed by atoms with Gasteiger partial charge in [-0.3, -0.25) is 19.7 Å². The molecule has 3 aromatic rings. The zero-order chi connectivity index (χ0) is 26.9. The third-order valence-electron chi connectivity index (χ3n) is 5.50. The minimum Gasteiger partial charge on any atom is -0.484 e. The highest BCUT2D eigenvalue weighted by Gasteiger charge is 2.22. The highest BCUT2D eigenvalue weighted by atomic mass is 16.6. The number of aryl methyl sites for hydroxylation is 2. The van der Waals surface area contributed by atoms with Crippen molar-refractivity contribution in [1.29, 1.82) is 0 Å². The van der Waals surface area contributed by atoms with Crippen molar-refractivity contribution in [2.75, 3.05) is 6.61 Å². The second kappa shape index (κ2) is 12.5. The Labute approximate surface area is 214 Å². The number of hydrogen-bond donors (Lipinski definition) is 2. The van der Waals surface area contributed by atoms with Crippen LogP contribution in [-0.2, 0) is 9.59 Å². The van der Waals surface area contributed by atoms with Crippen LogP contribution in [0.3, 0.4) is 0 Å². The van der Waals surface area contributed by atoms with E-state index in [9.17, 15) is 19.7 Å². The summed E-state index contributed by atoms with van der Waals surface area (Å²) < 4.78 is 11.3. The fourth-order valence-electron chi connectivity index (χ4n) is 3.59. The smallest absolute Gasteiger partial charge is 0.270 e. The summed E-state index contributed by atoms with van der Waals surface area (Å²) in [4.78, 5) is 35.8. The van der Waals surface area contributed by atoms with Crippen LogP contribution < -0.4 is 15.5 Å². The van der Waals surface area contributed by atoms with Gasteiger partial charge >= 0.3 is 0 Å². The minimum absolute atomic E-state index is 0.0398. The summed E-state index contributed by atoms with van der Waals surface area (Å²) >= 11 is 0. The maximum Gasteiger partial charge on any atom is 0.270 e. The standard InChI is InChI=1S/C27H30N4O6/c1-17(2)13-23(29-26(32)16-36-24-8-6-5-7-19(24)4)27(33)30-28-15-21-11-12-25(37-21)22-14-20(31(34)35)10-9-18(22)3/h5-12,14-15,17,23H,13,16H2,1-4H3,(H,29,32)(H,30,33)/b28-15-/t23-/m1/s1. The summed E-state index contributed by atoms with van der Waals surface area (Å²) in [5.41, 5.74) is 4.70. The number of hydrogen-bond acceptors (Lipinski definition) is 7. The number of non-ortho nitro benzene ring substituents is 1. The maximum atomic E-state index is 12.7. The average Bonchev–Trinajstić information content (AvgIpc) is 3.31. The monoisotopic (exact) mass is 506 g/mol. The molecule has 37 heavy (non-hydrogen) atoms. The number of furan rings is 1. The van der Waals surface area contributed by atoms with E-state index in [1.54, 1.807) is 24.3 Å². The molecule has 194 valence electrons. The van der Waals surface area contributed by atoms with E-state index in [2.05, 4.69) is 15.8 Å². The van der Waals surface area contributed by atoms with Crippen molar-refractivity contribution < 1.29 is 23.7 Å². The van der Waals surface area contributed by atoms with Gasteiger partial charge in [0.2, 0.25) is 0 Å². The van der Waals surface area contributed by atoms with E-state index in [-0.39, 0.29) is 18.2 Å². The summed E-state index contributed by atoms with van der Waals surface area (Å²) in [7, 11) is 0. The number of rotatable bonds is 11. The highest BCUT2D eigenvalue weighted by molar-refractivity contribution is 5.89. The number of nitro benzene ring substituents is 1. The van der Waals surface area contributed by atoms with Crippen LogP contribution >= 0.6 is 0 Å². The Morgan fingerprint density at radius 1 is 1.11 bits per heavy atom. The van der Waals surface area contributed by atoms with Gasteiger partial charge in [-0.2, -0.15) is 5.10 Å². The fraction of sp³-hybridized carbons (Fsp3) is 0.296. The lowest BCUT2D eigenvalue weighted by atomic mass is 10.0. The van der Waals surface area contributed by atoms with Crippen molar-refractivity contribution in [3.63, 3.8) is 0 Å². The first-order valence-corrected chi connectivity index (χ1v) is 11.8. The molecule has 0 fully saturated rings. The van der Waals surface area contributed by atoms with Gasteiger partial charge in [-0.15, -0.1) is 0 Å². The van der Waals surface area contributed by atoms with Crippen molar-refractivity contribution in [2.45, 2.75) is 40.2 Å². The normalized spacial score (nSPS) is 11.9. The Morgan fingerprint density at radius 2 is 1.86 bits per heavy atom. The summed E-state index contributed by atoms with van der Waals surface area (Å²) in [6.45, 7) is 7.37. The van der Waals surface area contributed by atoms with Crippen molar-refractivity contribution >= 4 is 23.7 Å². The van der Waals surface area contributed by atoms with Crippen LogP contribution in [0, 0.1) is 29.9 Å². The number of nitrogens with zero attached hydrogens (tertiary/aromatic N) is 2. The van der Waals surface area contributed by atoms with E-state index in [4.69, 9.17) is 9.15 Å². The molecule has 0 aliphatic carbocycles. The number of para-hydroxylation sites is 1. The van der Waals surface area contributed by atoms with Gasteiger partial charge in [-0.1, -0.05) is 38.1 Å². The number of nitro groups is 1. The lowest BCUT2D eigenvalue weighted by Gasteiger charge is -2.19. The van der Waals surface area contributed by atoms with Crippen LogP contribution in [0.25, 0.3) is 11.3 Å². The van der Waals surface area contributed by atoms with Gasteiger partial charge in [-0.25, -0.2) is 5.43 Å². The van der Waals surface area contributed by atoms with Crippen molar-refractivity contribution in [1.82, 2.24) is 10.7 Å². The van der Waals surface area contributed by atoms with E-state index in [0.29, 0.717) is 29.3 Å². The molecule has 0 aliphatic heterocycles. The maximum absolute atomic E-state index is 12.7. The summed E-state index contributed by atoms with van der Waals surface area (Å²) in [5.74, 6) is 0.629. The van der Waals surface area contributed by atoms with E-state index in [0.717, 1.165) is 11.1 Å². The highest BCUT2D eigenvalue weighted by Crippen LogP contribution is 2.28. The fourth-order valence-corrected chi connectivity index (χ4v) is 3.59. The van der Waals surface area contributed by atoms with Crippen molar-refractivity contribution in [3.8, 4) is 17.1 Å². The molecule has 0 radical (unpaired) electrons. The first-order chi connectivity index (χ1) is 17.6. The van der Waals surface area contributed by atoms with Crippen molar-refractivity contribution in [3.05, 3.63) is 81.6 Å². The molecular formula is C27H30N4O6. The van der Waals surface area contributed by atoms with Crippen LogP contribution in [0.5, 0.6) is 5.75 Å². The number of nitrogens with one attached hydrogen (secondary N) is 2. The number of carbonyl (C=O) groups is 2. The molecule has 0 bridgehead atoms. The zero-order valence-corrected chi connectivity index (χ0v) is 21.2. The van der Waals surface area contributed by atoms with Gasteiger partial charge in [0, 0.05) is 17.7 Å². The van der Waals surface area contributed by atoms with Crippen LogP contribution in [0.15, 0.2) is 64.1 Å². The third-order valence-corrected chi connectivity index (χ3v) is 5.50. The van der Waals surface area contributed by atoms with Gasteiger partial charge in [-0.05, 0) is 55.5 Å². The Bertz CT molecular complexity index is 1300. The SMILES string of the molecule is Cc1ccccc1OCC(=O)N[C@H](CC(C)C)C(=O)N/N=C\c1ccc(-c2cc([N+](=O)[O-])ccc2C)o1. The van der Waals surface area contributed by atoms with E-state index in [1.807, 2.05) is 45.9 Å². The molecule has 0 aliphatic rings. The van der Waals surface area contributed by atoms with E-state index < -0.39 is 22.8 Å². The van der Waals surface area contributed by atoms with E-state index >= 15 is 0 Å². The molecule has 3 rings (SSSR count). The predicted molar refractivity (Wildman–Crippen MR) is 139 cm³/mol. The average molecular weight is 507 g/mol. The topological polar surface area (TPSA) is 136 Å². The van der Waals surface area contributed by atoms with Gasteiger partial charge < -0.3 is 14.5 Å². The molecule has 2 aromatic carbocycles. The van der Waals surface area contributed by atoms with Crippen LogP contribution in [0.1, 0.15) is 37.2 Å². The van der Waals surface area contributed by atoms with Crippen LogP contribution in [-0.4, -0.2) is 35.6 Å². The molecule has 0 spiro atoms. The first kappa shape index (κ1) is 27.1. The van der Waals surface area contributed by atoms with Gasteiger partial charge in [0.25, 0.3) is 17.5 Å². The quantitative estimate of drug-likeness (QED) is 0.223. The van der Waals surface area contributed by atoms with Gasteiger partial charge in [0.05, 0.1) is 11.1 Å². The second-order valence-corrected chi connectivity index (χ2v) is 9.00. The Kier molecular flexibility index (Phi) is 9.15. The summed E-state index contributed by atoms with van der Waals surface area (Å²) in [6.07, 6.45) is 1.73. The molecule has 1 aromatic heterocycles. The molecule has 1 heterocycles. The van der Waals surface area contributed by atoms with Crippen LogP contribution in [0.4, 0.5) is 5.69 Å². The molecule has 10 heteroatoms. The molecule has 0 unspecified atom stereocenters. The largest absolute Gasteiger partial charge is 0.484 e. The van der Waals surface area contributed by atoms with Gasteiger partial charge in [0.15, 0.2) is 6.61 Å². The Hall–Kier alpha value is -4.47. The molecule has 1 atom stereocenters. The Morgan fingerprint density at radius 3 is 2.57 bits per heavy atom. The van der Waals surface area contributed by atoms with Gasteiger partial charge in [0.1, 0.15) is 23.3 Å². The molecule has 0 saturated heterocycles. The van der Waals surface area contributed by atoms with Crippen molar-refractivity contribution in [2.24, 2.45) is 11.0 Å². The number of hydrazone groups is 1. The Balaban J connectivity index is 1.60.